The molecular formula is C14H18N2O2. The smallest absolute Gasteiger partial charge is 0.257 e. The zero-order valence-corrected chi connectivity index (χ0v) is 10.5. The topological polar surface area (TPSA) is 64.3 Å². The zero-order chi connectivity index (χ0) is 13.0. The fraction of sp³-hybridized carbons (Fsp3) is 0.357. The number of ether oxygens (including phenoxy) is 1. The lowest BCUT2D eigenvalue weighted by Gasteiger charge is -2.20. The Morgan fingerprint density at radius 1 is 1.44 bits per heavy atom. The van der Waals surface area contributed by atoms with Gasteiger partial charge in [0.1, 0.15) is 11.3 Å². The van der Waals surface area contributed by atoms with Crippen LogP contribution in [0, 0.1) is 0 Å². The fourth-order valence-corrected chi connectivity index (χ4v) is 2.14. The van der Waals surface area contributed by atoms with Crippen LogP contribution in [-0.4, -0.2) is 19.1 Å². The van der Waals surface area contributed by atoms with Gasteiger partial charge in [0.2, 0.25) is 0 Å². The maximum absolute atomic E-state index is 12.2. The van der Waals surface area contributed by atoms with Gasteiger partial charge in [0.15, 0.2) is 0 Å². The predicted molar refractivity (Wildman–Crippen MR) is 71.7 cm³/mol. The summed E-state index contributed by atoms with van der Waals surface area (Å²) in [4.78, 5) is 12.2. The minimum atomic E-state index is -0.162. The molecule has 2 rings (SSSR count). The summed E-state index contributed by atoms with van der Waals surface area (Å²) in [5.41, 5.74) is 6.72. The minimum absolute atomic E-state index is 0.162. The van der Waals surface area contributed by atoms with E-state index in [1.54, 1.807) is 18.2 Å². The van der Waals surface area contributed by atoms with Crippen molar-refractivity contribution in [2.45, 2.75) is 25.3 Å². The molecule has 0 spiro atoms. The van der Waals surface area contributed by atoms with E-state index in [9.17, 15) is 4.79 Å². The minimum Gasteiger partial charge on any atom is -0.496 e. The van der Waals surface area contributed by atoms with E-state index in [-0.39, 0.29) is 11.9 Å². The van der Waals surface area contributed by atoms with Crippen molar-refractivity contribution in [3.05, 3.63) is 35.9 Å². The van der Waals surface area contributed by atoms with E-state index in [0.717, 1.165) is 19.3 Å². The lowest BCUT2D eigenvalue weighted by molar-refractivity contribution is 0.0932. The van der Waals surface area contributed by atoms with Gasteiger partial charge in [-0.15, -0.1) is 0 Å². The maximum atomic E-state index is 12.2. The van der Waals surface area contributed by atoms with Gasteiger partial charge in [0.05, 0.1) is 7.11 Å². The van der Waals surface area contributed by atoms with E-state index in [4.69, 9.17) is 10.5 Å². The molecule has 0 heterocycles. The number of hydrogen-bond donors (Lipinski definition) is 2. The second kappa shape index (κ2) is 5.58. The number of carbonyl (C=O) groups excluding carboxylic acids is 1. The van der Waals surface area contributed by atoms with Gasteiger partial charge >= 0.3 is 0 Å². The summed E-state index contributed by atoms with van der Waals surface area (Å²) in [5, 5.41) is 3.00. The number of hydrogen-bond acceptors (Lipinski definition) is 3. The molecule has 1 aliphatic rings. The molecule has 3 N–H and O–H groups in total. The number of nitrogens with one attached hydrogen (secondary N) is 1. The van der Waals surface area contributed by atoms with Crippen molar-refractivity contribution in [2.75, 3.05) is 12.8 Å². The molecule has 4 heteroatoms. The number of allylic oxidation sites excluding steroid dienone is 1. The molecule has 96 valence electrons. The van der Waals surface area contributed by atoms with Crippen LogP contribution in [0.4, 0.5) is 5.69 Å². The molecule has 0 bridgehead atoms. The van der Waals surface area contributed by atoms with Gasteiger partial charge in [-0.1, -0.05) is 18.2 Å². The van der Waals surface area contributed by atoms with Crippen LogP contribution in [0.15, 0.2) is 30.4 Å². The Morgan fingerprint density at radius 2 is 2.28 bits per heavy atom. The number of methoxy groups -OCH3 is 1. The first-order chi connectivity index (χ1) is 8.72. The number of amides is 1. The molecule has 1 aromatic rings. The van der Waals surface area contributed by atoms with E-state index in [1.165, 1.54) is 7.11 Å². The molecule has 0 radical (unpaired) electrons. The van der Waals surface area contributed by atoms with Crippen LogP contribution in [0.1, 0.15) is 29.6 Å². The first-order valence-electron chi connectivity index (χ1n) is 6.10. The highest BCUT2D eigenvalue weighted by Crippen LogP contribution is 2.24. The molecule has 0 aliphatic heterocycles. The number of nitrogen functional groups attached to an aromatic ring is 1. The Morgan fingerprint density at radius 3 is 2.94 bits per heavy atom. The molecule has 0 aromatic heterocycles. The molecule has 1 amide bonds. The van der Waals surface area contributed by atoms with Crippen molar-refractivity contribution in [3.63, 3.8) is 0 Å². The molecule has 1 unspecified atom stereocenters. The molecule has 0 saturated heterocycles. The predicted octanol–water partition coefficient (Wildman–Crippen LogP) is 2.12. The van der Waals surface area contributed by atoms with Crippen molar-refractivity contribution in [3.8, 4) is 5.75 Å². The molecule has 1 aromatic carbocycles. The van der Waals surface area contributed by atoms with Crippen LogP contribution in [-0.2, 0) is 0 Å². The molecule has 0 saturated carbocycles. The fourth-order valence-electron chi connectivity index (χ4n) is 2.14. The van der Waals surface area contributed by atoms with Gasteiger partial charge < -0.3 is 15.8 Å². The monoisotopic (exact) mass is 246 g/mol. The van der Waals surface area contributed by atoms with Gasteiger partial charge in [-0.3, -0.25) is 4.79 Å². The highest BCUT2D eigenvalue weighted by Gasteiger charge is 2.19. The molecule has 0 fully saturated rings. The SMILES string of the molecule is COc1cccc(N)c1C(=O)NC1CC=CCC1. The summed E-state index contributed by atoms with van der Waals surface area (Å²) in [6, 6.07) is 5.41. The third kappa shape index (κ3) is 2.64. The van der Waals surface area contributed by atoms with Gasteiger partial charge in [0.25, 0.3) is 5.91 Å². The second-order valence-corrected chi connectivity index (χ2v) is 4.38. The van der Waals surface area contributed by atoms with Crippen LogP contribution in [0.5, 0.6) is 5.75 Å². The third-order valence-corrected chi connectivity index (χ3v) is 3.11. The number of benzene rings is 1. The highest BCUT2D eigenvalue weighted by molar-refractivity contribution is 6.02. The van der Waals surface area contributed by atoms with E-state index in [0.29, 0.717) is 17.0 Å². The highest BCUT2D eigenvalue weighted by atomic mass is 16.5. The van der Waals surface area contributed by atoms with Gasteiger partial charge in [-0.25, -0.2) is 0 Å². The van der Waals surface area contributed by atoms with E-state index in [2.05, 4.69) is 17.5 Å². The van der Waals surface area contributed by atoms with Crippen LogP contribution < -0.4 is 15.8 Å². The van der Waals surface area contributed by atoms with Crippen molar-refractivity contribution < 1.29 is 9.53 Å². The van der Waals surface area contributed by atoms with E-state index >= 15 is 0 Å². The Bertz CT molecular complexity index is 469. The Balaban J connectivity index is 2.15. The second-order valence-electron chi connectivity index (χ2n) is 4.38. The number of anilines is 1. The summed E-state index contributed by atoms with van der Waals surface area (Å²) in [6.07, 6.45) is 7.09. The normalized spacial score (nSPS) is 18.4. The number of nitrogens with two attached hydrogens (primary N) is 1. The van der Waals surface area contributed by atoms with Crippen LogP contribution >= 0.6 is 0 Å². The number of carbonyl (C=O) groups is 1. The van der Waals surface area contributed by atoms with Gasteiger partial charge in [-0.2, -0.15) is 0 Å². The van der Waals surface area contributed by atoms with Crippen LogP contribution in [0.25, 0.3) is 0 Å². The quantitative estimate of drug-likeness (QED) is 0.634. The molecule has 1 atom stereocenters. The average Bonchev–Trinajstić information content (AvgIpc) is 2.39. The van der Waals surface area contributed by atoms with Crippen molar-refractivity contribution in [1.82, 2.24) is 5.32 Å². The van der Waals surface area contributed by atoms with Gasteiger partial charge in [-0.05, 0) is 31.4 Å². The summed E-state index contributed by atoms with van der Waals surface area (Å²) in [5.74, 6) is 0.351. The standard InChI is InChI=1S/C14H18N2O2/c1-18-12-9-5-8-11(15)13(12)14(17)16-10-6-3-2-4-7-10/h2-3,5,8-10H,4,6-7,15H2,1H3,(H,16,17). The molecule has 4 nitrogen and oxygen atoms in total. The Hall–Kier alpha value is -1.97. The van der Waals surface area contributed by atoms with Crippen molar-refractivity contribution >= 4 is 11.6 Å². The van der Waals surface area contributed by atoms with Crippen LogP contribution in [0.3, 0.4) is 0 Å². The largest absolute Gasteiger partial charge is 0.496 e. The van der Waals surface area contributed by atoms with Gasteiger partial charge in [0, 0.05) is 11.7 Å². The Kier molecular flexibility index (Phi) is 3.87. The number of rotatable bonds is 3. The average molecular weight is 246 g/mol. The molecular weight excluding hydrogens is 228 g/mol. The summed E-state index contributed by atoms with van der Waals surface area (Å²) in [6.45, 7) is 0. The first kappa shape index (κ1) is 12.5. The summed E-state index contributed by atoms with van der Waals surface area (Å²) in [7, 11) is 1.54. The lowest BCUT2D eigenvalue weighted by Crippen LogP contribution is -2.35. The molecule has 18 heavy (non-hydrogen) atoms. The molecule has 1 aliphatic carbocycles. The first-order valence-corrected chi connectivity index (χ1v) is 6.10. The maximum Gasteiger partial charge on any atom is 0.257 e. The van der Waals surface area contributed by atoms with Crippen molar-refractivity contribution in [2.24, 2.45) is 0 Å². The van der Waals surface area contributed by atoms with E-state index in [1.807, 2.05) is 0 Å². The summed E-state index contributed by atoms with van der Waals surface area (Å²) < 4.78 is 5.18. The Labute approximate surface area is 107 Å². The third-order valence-electron chi connectivity index (χ3n) is 3.11. The van der Waals surface area contributed by atoms with Crippen LogP contribution in [0.2, 0.25) is 0 Å². The zero-order valence-electron chi connectivity index (χ0n) is 10.5. The lowest BCUT2D eigenvalue weighted by atomic mass is 10.0. The summed E-state index contributed by atoms with van der Waals surface area (Å²) >= 11 is 0. The van der Waals surface area contributed by atoms with Crippen molar-refractivity contribution in [1.29, 1.82) is 0 Å². The van der Waals surface area contributed by atoms with E-state index < -0.39 is 0 Å².